The molecule has 0 unspecified atom stereocenters. The molecule has 0 aromatic carbocycles. The van der Waals surface area contributed by atoms with Crippen molar-refractivity contribution >= 4 is 40.5 Å². The van der Waals surface area contributed by atoms with Crippen LogP contribution in [0.25, 0.3) is 0 Å². The van der Waals surface area contributed by atoms with Gasteiger partial charge in [0.05, 0.1) is 33.7 Å². The molecule has 0 spiro atoms. The molecule has 30 heavy (non-hydrogen) atoms. The molecule has 0 radical (unpaired) electrons. The van der Waals surface area contributed by atoms with Crippen LogP contribution >= 0.6 is 23.1 Å². The number of nitriles is 2. The summed E-state index contributed by atoms with van der Waals surface area (Å²) in [6.45, 7) is 0. The zero-order chi connectivity index (χ0) is 21.1. The first-order valence-electron chi connectivity index (χ1n) is 8.81. The molecule has 148 valence electrons. The van der Waals surface area contributed by atoms with Gasteiger partial charge in [0.2, 0.25) is 0 Å². The van der Waals surface area contributed by atoms with Crippen LogP contribution in [0.15, 0.2) is 56.5 Å². The minimum Gasteiger partial charge on any atom is -0.467 e. The Morgan fingerprint density at radius 2 is 2.17 bits per heavy atom. The van der Waals surface area contributed by atoms with Crippen molar-refractivity contribution in [1.82, 2.24) is 9.99 Å². The van der Waals surface area contributed by atoms with Crippen molar-refractivity contribution < 1.29 is 9.21 Å². The van der Waals surface area contributed by atoms with Gasteiger partial charge in [-0.15, -0.1) is 11.3 Å². The van der Waals surface area contributed by atoms with Crippen molar-refractivity contribution in [2.45, 2.75) is 17.5 Å². The van der Waals surface area contributed by atoms with E-state index in [0.29, 0.717) is 17.2 Å². The van der Waals surface area contributed by atoms with E-state index >= 15 is 0 Å². The van der Waals surface area contributed by atoms with Gasteiger partial charge in [-0.25, -0.2) is 9.99 Å². The molecule has 10 heteroatoms. The van der Waals surface area contributed by atoms with Crippen LogP contribution in [-0.4, -0.2) is 27.4 Å². The highest BCUT2D eigenvalue weighted by molar-refractivity contribution is 8.00. The highest BCUT2D eigenvalue weighted by Gasteiger charge is 2.35. The summed E-state index contributed by atoms with van der Waals surface area (Å²) < 4.78 is 5.53. The fourth-order valence-corrected chi connectivity index (χ4v) is 4.56. The SMILES string of the molecule is N#Cc1cc(C#N)c(SCC(=O)N2N=C(c3cccs3)C[C@H]2c2ccco2)nc1N. The lowest BCUT2D eigenvalue weighted by atomic mass is 10.1. The molecule has 0 saturated carbocycles. The average Bonchev–Trinajstić information content (AvgIpc) is 3.52. The van der Waals surface area contributed by atoms with Crippen molar-refractivity contribution in [3.63, 3.8) is 0 Å². The summed E-state index contributed by atoms with van der Waals surface area (Å²) in [6, 6.07) is 12.4. The number of nitrogens with two attached hydrogens (primary N) is 1. The number of rotatable bonds is 5. The summed E-state index contributed by atoms with van der Waals surface area (Å²) in [7, 11) is 0. The predicted octanol–water partition coefficient (Wildman–Crippen LogP) is 3.53. The molecule has 3 aromatic heterocycles. The maximum Gasteiger partial charge on any atom is 0.253 e. The van der Waals surface area contributed by atoms with Crippen LogP contribution in [0.5, 0.6) is 0 Å². The monoisotopic (exact) mass is 434 g/mol. The molecule has 1 aliphatic rings. The molecule has 1 amide bonds. The number of hydrazone groups is 1. The third kappa shape index (κ3) is 3.79. The van der Waals surface area contributed by atoms with E-state index in [1.807, 2.05) is 35.7 Å². The van der Waals surface area contributed by atoms with Crippen LogP contribution in [0.2, 0.25) is 0 Å². The van der Waals surface area contributed by atoms with E-state index in [0.717, 1.165) is 22.4 Å². The fourth-order valence-electron chi connectivity index (χ4n) is 3.02. The number of nitrogens with zero attached hydrogens (tertiary/aromatic N) is 5. The second kappa shape index (κ2) is 8.41. The number of thioether (sulfide) groups is 1. The number of furan rings is 1. The van der Waals surface area contributed by atoms with Gasteiger partial charge in [0.15, 0.2) is 0 Å². The van der Waals surface area contributed by atoms with Crippen molar-refractivity contribution in [1.29, 1.82) is 10.5 Å². The Balaban J connectivity index is 1.56. The van der Waals surface area contributed by atoms with Crippen molar-refractivity contribution in [3.8, 4) is 12.1 Å². The first-order valence-corrected chi connectivity index (χ1v) is 10.7. The van der Waals surface area contributed by atoms with Gasteiger partial charge in [-0.2, -0.15) is 15.6 Å². The summed E-state index contributed by atoms with van der Waals surface area (Å²) in [5, 5.41) is 26.6. The second-order valence-corrected chi connectivity index (χ2v) is 8.20. The molecule has 2 N–H and O–H groups in total. The Hall–Kier alpha value is -3.60. The molecule has 4 heterocycles. The van der Waals surface area contributed by atoms with Crippen LogP contribution in [0.4, 0.5) is 5.82 Å². The van der Waals surface area contributed by atoms with Crippen LogP contribution in [0, 0.1) is 22.7 Å². The van der Waals surface area contributed by atoms with Crippen LogP contribution in [-0.2, 0) is 4.79 Å². The molecule has 0 aliphatic carbocycles. The number of nitrogen functional groups attached to an aromatic ring is 1. The molecule has 1 atom stereocenters. The summed E-state index contributed by atoms with van der Waals surface area (Å²) in [6.07, 6.45) is 2.12. The molecule has 0 bridgehead atoms. The summed E-state index contributed by atoms with van der Waals surface area (Å²) in [5.74, 6) is 0.439. The van der Waals surface area contributed by atoms with Gasteiger partial charge >= 0.3 is 0 Å². The number of aromatic nitrogens is 1. The Labute approximate surface area is 180 Å². The first-order chi connectivity index (χ1) is 14.6. The number of amides is 1. The van der Waals surface area contributed by atoms with Gasteiger partial charge in [-0.05, 0) is 29.6 Å². The van der Waals surface area contributed by atoms with Crippen LogP contribution < -0.4 is 5.73 Å². The number of anilines is 1. The topological polar surface area (TPSA) is 132 Å². The maximum atomic E-state index is 13.0. The van der Waals surface area contributed by atoms with Gasteiger partial charge in [-0.1, -0.05) is 17.8 Å². The number of hydrogen-bond acceptors (Lipinski definition) is 9. The average molecular weight is 435 g/mol. The molecular formula is C20H14N6O2S2. The van der Waals surface area contributed by atoms with Crippen molar-refractivity contribution in [2.24, 2.45) is 5.10 Å². The summed E-state index contributed by atoms with van der Waals surface area (Å²) in [5.41, 5.74) is 6.91. The summed E-state index contributed by atoms with van der Waals surface area (Å²) in [4.78, 5) is 18.1. The van der Waals surface area contributed by atoms with Gasteiger partial charge in [0.25, 0.3) is 5.91 Å². The third-order valence-corrected chi connectivity index (χ3v) is 6.33. The van der Waals surface area contributed by atoms with E-state index in [9.17, 15) is 10.1 Å². The molecule has 8 nitrogen and oxygen atoms in total. The Bertz CT molecular complexity index is 1190. The minimum atomic E-state index is -0.334. The Morgan fingerprint density at radius 3 is 2.83 bits per heavy atom. The van der Waals surface area contributed by atoms with Gasteiger partial charge in [0, 0.05) is 6.42 Å². The predicted molar refractivity (Wildman–Crippen MR) is 113 cm³/mol. The second-order valence-electron chi connectivity index (χ2n) is 6.28. The quantitative estimate of drug-likeness (QED) is 0.607. The van der Waals surface area contributed by atoms with Crippen molar-refractivity contribution in [2.75, 3.05) is 11.5 Å². The largest absolute Gasteiger partial charge is 0.467 e. The lowest BCUT2D eigenvalue weighted by Gasteiger charge is -2.19. The minimum absolute atomic E-state index is 0.00541. The summed E-state index contributed by atoms with van der Waals surface area (Å²) >= 11 is 2.65. The van der Waals surface area contributed by atoms with E-state index < -0.39 is 0 Å². The van der Waals surface area contributed by atoms with E-state index in [4.69, 9.17) is 15.4 Å². The maximum absolute atomic E-state index is 13.0. The van der Waals surface area contributed by atoms with E-state index in [1.54, 1.807) is 23.7 Å². The lowest BCUT2D eigenvalue weighted by molar-refractivity contribution is -0.130. The zero-order valence-corrected chi connectivity index (χ0v) is 17.1. The molecule has 3 aromatic rings. The smallest absolute Gasteiger partial charge is 0.253 e. The van der Waals surface area contributed by atoms with E-state index in [1.165, 1.54) is 11.1 Å². The molecule has 0 saturated heterocycles. The Morgan fingerprint density at radius 1 is 1.33 bits per heavy atom. The Kier molecular flexibility index (Phi) is 5.53. The standard InChI is InChI=1S/C20H14N6O2S2/c21-9-12-7-13(10-22)20(24-19(12)23)30-11-18(27)26-15(16-3-1-5-28-16)8-14(25-26)17-4-2-6-29-17/h1-7,15H,8,11H2,(H2,23,24)/t15-/m0/s1. The fraction of sp³-hybridized carbons (Fsp3) is 0.150. The third-order valence-electron chi connectivity index (χ3n) is 4.43. The van der Waals surface area contributed by atoms with Gasteiger partial charge in [-0.3, -0.25) is 4.79 Å². The number of carbonyl (C=O) groups excluding carboxylic acids is 1. The number of carbonyl (C=O) groups is 1. The number of hydrogen-bond donors (Lipinski definition) is 1. The highest BCUT2D eigenvalue weighted by Crippen LogP contribution is 2.35. The van der Waals surface area contributed by atoms with Crippen LogP contribution in [0.3, 0.4) is 0 Å². The van der Waals surface area contributed by atoms with Crippen molar-refractivity contribution in [3.05, 3.63) is 63.7 Å². The zero-order valence-electron chi connectivity index (χ0n) is 15.5. The first kappa shape index (κ1) is 19.7. The lowest BCUT2D eigenvalue weighted by Crippen LogP contribution is -2.28. The van der Waals surface area contributed by atoms with Crippen LogP contribution in [0.1, 0.15) is 34.2 Å². The number of pyridine rings is 1. The highest BCUT2D eigenvalue weighted by atomic mass is 32.2. The van der Waals surface area contributed by atoms with E-state index in [2.05, 4.69) is 10.1 Å². The normalized spacial score (nSPS) is 15.5. The van der Waals surface area contributed by atoms with E-state index in [-0.39, 0.29) is 34.6 Å². The molecule has 0 fully saturated rings. The number of thiophene rings is 1. The molecule has 1 aliphatic heterocycles. The van der Waals surface area contributed by atoms with Gasteiger partial charge in [0.1, 0.15) is 34.8 Å². The molecular weight excluding hydrogens is 420 g/mol. The molecule has 4 rings (SSSR count). The van der Waals surface area contributed by atoms with Gasteiger partial charge < -0.3 is 10.2 Å².